The van der Waals surface area contributed by atoms with Crippen LogP contribution in [0.15, 0.2) is 0 Å². The van der Waals surface area contributed by atoms with Gasteiger partial charge in [-0.3, -0.25) is 14.4 Å². The molecular formula is C15H30N2O3. The third kappa shape index (κ3) is 7.48. The molecule has 0 radical (unpaired) electrons. The van der Waals surface area contributed by atoms with Gasteiger partial charge in [0.2, 0.25) is 11.8 Å². The van der Waals surface area contributed by atoms with E-state index in [1.54, 1.807) is 20.8 Å². The molecule has 0 rings (SSSR count). The Bertz CT molecular complexity index is 320. The van der Waals surface area contributed by atoms with Gasteiger partial charge in [-0.2, -0.15) is 0 Å². The first kappa shape index (κ1) is 18.9. The summed E-state index contributed by atoms with van der Waals surface area (Å²) in [7, 11) is 0. The van der Waals surface area contributed by atoms with Crippen LogP contribution in [0, 0.1) is 23.2 Å². The lowest BCUT2D eigenvalue weighted by atomic mass is 9.95. The van der Waals surface area contributed by atoms with E-state index in [4.69, 9.17) is 4.84 Å². The van der Waals surface area contributed by atoms with E-state index in [0.717, 1.165) is 0 Å². The fraction of sp³-hybridized carbons (Fsp3) is 0.867. The average Bonchev–Trinajstić information content (AvgIpc) is 2.29. The molecule has 0 heterocycles. The van der Waals surface area contributed by atoms with Crippen LogP contribution in [0.1, 0.15) is 48.5 Å². The largest absolute Gasteiger partial charge is 0.356 e. The first-order valence-corrected chi connectivity index (χ1v) is 7.25. The number of nitrogens with one attached hydrogen (secondary N) is 2. The van der Waals surface area contributed by atoms with Gasteiger partial charge in [-0.15, -0.1) is 0 Å². The highest BCUT2D eigenvalue weighted by molar-refractivity contribution is 5.80. The Labute approximate surface area is 122 Å². The van der Waals surface area contributed by atoms with Gasteiger partial charge in [-0.05, 0) is 11.8 Å². The van der Waals surface area contributed by atoms with Gasteiger partial charge in [0.15, 0.2) is 0 Å². The molecule has 0 unspecified atom stereocenters. The highest BCUT2D eigenvalue weighted by Crippen LogP contribution is 2.14. The molecule has 118 valence electrons. The summed E-state index contributed by atoms with van der Waals surface area (Å²) in [5, 5.41) is 2.90. The summed E-state index contributed by atoms with van der Waals surface area (Å²) in [5.74, 6) is 0.0669. The molecule has 0 aliphatic carbocycles. The Morgan fingerprint density at radius 2 is 1.65 bits per heavy atom. The lowest BCUT2D eigenvalue weighted by molar-refractivity contribution is -0.146. The van der Waals surface area contributed by atoms with Crippen molar-refractivity contribution in [3.8, 4) is 0 Å². The summed E-state index contributed by atoms with van der Waals surface area (Å²) in [4.78, 5) is 28.9. The topological polar surface area (TPSA) is 67.4 Å². The fourth-order valence-electron chi connectivity index (χ4n) is 1.36. The molecule has 0 aromatic rings. The summed E-state index contributed by atoms with van der Waals surface area (Å²) in [6, 6.07) is 0. The van der Waals surface area contributed by atoms with E-state index in [2.05, 4.69) is 10.8 Å². The monoisotopic (exact) mass is 286 g/mol. The zero-order valence-electron chi connectivity index (χ0n) is 13.9. The summed E-state index contributed by atoms with van der Waals surface area (Å²) in [5.41, 5.74) is 1.90. The minimum Gasteiger partial charge on any atom is -0.356 e. The molecule has 0 spiro atoms. The van der Waals surface area contributed by atoms with E-state index in [-0.39, 0.29) is 30.3 Å². The van der Waals surface area contributed by atoms with Gasteiger partial charge >= 0.3 is 0 Å². The first-order chi connectivity index (χ1) is 9.05. The normalized spacial score (nSPS) is 13.4. The molecule has 2 amide bonds. The molecule has 0 aliphatic rings. The average molecular weight is 286 g/mol. The van der Waals surface area contributed by atoms with E-state index in [1.165, 1.54) is 0 Å². The Morgan fingerprint density at radius 3 is 2.05 bits per heavy atom. The number of hydrogen-bond donors (Lipinski definition) is 2. The van der Waals surface area contributed by atoms with Gasteiger partial charge in [0.05, 0.1) is 12.5 Å². The third-order valence-electron chi connectivity index (χ3n) is 2.93. The lowest BCUT2D eigenvalue weighted by Crippen LogP contribution is -2.41. The van der Waals surface area contributed by atoms with Crippen LogP contribution < -0.4 is 10.8 Å². The summed E-state index contributed by atoms with van der Waals surface area (Å²) in [6.45, 7) is 14.3. The molecule has 5 nitrogen and oxygen atoms in total. The highest BCUT2D eigenvalue weighted by atomic mass is 16.7. The van der Waals surface area contributed by atoms with Crippen LogP contribution in [-0.2, 0) is 14.4 Å². The SMILES string of the molecule is CC(C)CNC(=O)[C@H](CONC(=O)C(C)(C)C)C(C)C. The molecular weight excluding hydrogens is 256 g/mol. The summed E-state index contributed by atoms with van der Waals surface area (Å²) < 4.78 is 0. The number of carbonyl (C=O) groups is 2. The third-order valence-corrected chi connectivity index (χ3v) is 2.93. The van der Waals surface area contributed by atoms with Crippen LogP contribution in [0.5, 0.6) is 0 Å². The van der Waals surface area contributed by atoms with Crippen molar-refractivity contribution in [3.05, 3.63) is 0 Å². The van der Waals surface area contributed by atoms with E-state index in [0.29, 0.717) is 12.5 Å². The summed E-state index contributed by atoms with van der Waals surface area (Å²) >= 11 is 0. The van der Waals surface area contributed by atoms with Crippen molar-refractivity contribution >= 4 is 11.8 Å². The molecule has 0 aromatic carbocycles. The zero-order chi connectivity index (χ0) is 15.9. The van der Waals surface area contributed by atoms with Crippen LogP contribution in [0.3, 0.4) is 0 Å². The molecule has 0 aromatic heterocycles. The van der Waals surface area contributed by atoms with E-state index < -0.39 is 5.41 Å². The van der Waals surface area contributed by atoms with E-state index in [9.17, 15) is 9.59 Å². The van der Waals surface area contributed by atoms with Crippen molar-refractivity contribution in [1.29, 1.82) is 0 Å². The molecule has 0 saturated carbocycles. The molecule has 5 heteroatoms. The first-order valence-electron chi connectivity index (χ1n) is 7.25. The fourth-order valence-corrected chi connectivity index (χ4v) is 1.36. The maximum Gasteiger partial charge on any atom is 0.248 e. The molecule has 0 aliphatic heterocycles. The Balaban J connectivity index is 4.29. The molecule has 20 heavy (non-hydrogen) atoms. The van der Waals surface area contributed by atoms with E-state index >= 15 is 0 Å². The van der Waals surface area contributed by atoms with Crippen molar-refractivity contribution in [1.82, 2.24) is 10.8 Å². The van der Waals surface area contributed by atoms with Gasteiger partial charge in [0, 0.05) is 12.0 Å². The highest BCUT2D eigenvalue weighted by Gasteiger charge is 2.25. The molecule has 0 bridgehead atoms. The second-order valence-electron chi connectivity index (χ2n) is 6.98. The number of rotatable bonds is 7. The van der Waals surface area contributed by atoms with Crippen LogP contribution in [0.4, 0.5) is 0 Å². The predicted molar refractivity (Wildman–Crippen MR) is 79.7 cm³/mol. The minimum absolute atomic E-state index is 0.0290. The van der Waals surface area contributed by atoms with Gasteiger partial charge < -0.3 is 5.32 Å². The number of hydrogen-bond acceptors (Lipinski definition) is 3. The van der Waals surface area contributed by atoms with Crippen LogP contribution in [0.25, 0.3) is 0 Å². The van der Waals surface area contributed by atoms with Crippen molar-refractivity contribution in [3.63, 3.8) is 0 Å². The molecule has 1 atom stereocenters. The summed E-state index contributed by atoms with van der Waals surface area (Å²) in [6.07, 6.45) is 0. The van der Waals surface area contributed by atoms with Gasteiger partial charge in [0.1, 0.15) is 0 Å². The Kier molecular flexibility index (Phi) is 7.79. The maximum absolute atomic E-state index is 12.1. The lowest BCUT2D eigenvalue weighted by Gasteiger charge is -2.22. The molecule has 0 fully saturated rings. The quantitative estimate of drug-likeness (QED) is 0.704. The van der Waals surface area contributed by atoms with Crippen LogP contribution in [0.2, 0.25) is 0 Å². The van der Waals surface area contributed by atoms with Crippen molar-refractivity contribution in [2.75, 3.05) is 13.2 Å². The van der Waals surface area contributed by atoms with Crippen LogP contribution >= 0.6 is 0 Å². The Morgan fingerprint density at radius 1 is 1.10 bits per heavy atom. The van der Waals surface area contributed by atoms with Crippen molar-refractivity contribution < 1.29 is 14.4 Å². The smallest absolute Gasteiger partial charge is 0.248 e. The number of amides is 2. The van der Waals surface area contributed by atoms with Crippen molar-refractivity contribution in [2.45, 2.75) is 48.5 Å². The maximum atomic E-state index is 12.1. The van der Waals surface area contributed by atoms with Crippen molar-refractivity contribution in [2.24, 2.45) is 23.2 Å². The van der Waals surface area contributed by atoms with Gasteiger partial charge in [-0.1, -0.05) is 48.5 Å². The van der Waals surface area contributed by atoms with Crippen LogP contribution in [-0.4, -0.2) is 25.0 Å². The van der Waals surface area contributed by atoms with E-state index in [1.807, 2.05) is 27.7 Å². The van der Waals surface area contributed by atoms with Gasteiger partial charge in [-0.25, -0.2) is 5.48 Å². The second kappa shape index (κ2) is 8.25. The number of carbonyl (C=O) groups excluding carboxylic acids is 2. The molecule has 0 saturated heterocycles. The van der Waals surface area contributed by atoms with Gasteiger partial charge in [0.25, 0.3) is 0 Å². The standard InChI is InChI=1S/C15H30N2O3/c1-10(2)8-16-13(18)12(11(3)4)9-20-17-14(19)15(5,6)7/h10-12H,8-9H2,1-7H3,(H,16,18)(H,17,19)/t12-/m1/s1. The predicted octanol–water partition coefficient (Wildman–Crippen LogP) is 2.12. The zero-order valence-corrected chi connectivity index (χ0v) is 13.9. The second-order valence-corrected chi connectivity index (χ2v) is 6.98. The molecule has 2 N–H and O–H groups in total. The Hall–Kier alpha value is -1.10. The minimum atomic E-state index is -0.507. The number of hydroxylamine groups is 1.